The molecule has 2 N–H and O–H groups in total. The highest BCUT2D eigenvalue weighted by Crippen LogP contribution is 2.43. The Morgan fingerprint density at radius 2 is 0.750 bits per heavy atom. The van der Waals surface area contributed by atoms with Crippen LogP contribution in [0, 0.1) is 34.9 Å². The van der Waals surface area contributed by atoms with Crippen molar-refractivity contribution in [2.45, 2.75) is 0 Å². The molecule has 24 heavy (non-hydrogen) atoms. The number of carbonyl (C=O) groups is 2. The molecule has 124 valence electrons. The second kappa shape index (κ2) is 4.73. The largest absolute Gasteiger partial charge is 0.504 e. The van der Waals surface area contributed by atoms with Crippen LogP contribution in [0.3, 0.4) is 0 Å². The molecule has 4 nitrogen and oxygen atoms in total. The van der Waals surface area contributed by atoms with Crippen LogP contribution in [-0.4, -0.2) is 21.8 Å². The molecular weight excluding hydrogens is 346 g/mol. The third kappa shape index (κ3) is 1.65. The van der Waals surface area contributed by atoms with Crippen molar-refractivity contribution in [1.82, 2.24) is 0 Å². The molecule has 1 aliphatic carbocycles. The van der Waals surface area contributed by atoms with Gasteiger partial charge in [0.1, 0.15) is 0 Å². The van der Waals surface area contributed by atoms with E-state index in [-0.39, 0.29) is 0 Å². The number of hydrogen-bond donors (Lipinski definition) is 2. The van der Waals surface area contributed by atoms with Gasteiger partial charge >= 0.3 is 0 Å². The maximum absolute atomic E-state index is 13.8. The highest BCUT2D eigenvalue weighted by molar-refractivity contribution is 6.30. The number of hydrogen-bond acceptors (Lipinski definition) is 4. The molecule has 0 radical (unpaired) electrons. The third-order valence-corrected chi connectivity index (χ3v) is 3.51. The first-order chi connectivity index (χ1) is 11.1. The fourth-order valence-corrected chi connectivity index (χ4v) is 2.41. The number of benzene rings is 2. The zero-order valence-corrected chi connectivity index (χ0v) is 11.0. The highest BCUT2D eigenvalue weighted by atomic mass is 19.2. The molecule has 2 aromatic carbocycles. The minimum atomic E-state index is -2.41. The molecule has 0 heterocycles. The first-order valence-corrected chi connectivity index (χ1v) is 5.99. The summed E-state index contributed by atoms with van der Waals surface area (Å²) in [6.07, 6.45) is 0. The number of fused-ring (bicyclic) bond motifs is 2. The zero-order chi connectivity index (χ0) is 18.1. The van der Waals surface area contributed by atoms with E-state index in [0.29, 0.717) is 0 Å². The smallest absolute Gasteiger partial charge is 0.205 e. The molecule has 0 fully saturated rings. The Morgan fingerprint density at radius 1 is 0.458 bits per heavy atom. The lowest BCUT2D eigenvalue weighted by molar-refractivity contribution is 0.0962. The summed E-state index contributed by atoms with van der Waals surface area (Å²) in [6, 6.07) is 0. The molecule has 0 aromatic heterocycles. The second-order valence-electron chi connectivity index (χ2n) is 4.74. The molecule has 10 heteroatoms. The highest BCUT2D eigenvalue weighted by Gasteiger charge is 2.43. The average molecular weight is 348 g/mol. The van der Waals surface area contributed by atoms with Gasteiger partial charge in [-0.1, -0.05) is 0 Å². The Kier molecular flexibility index (Phi) is 3.12. The molecule has 3 rings (SSSR count). The molecule has 0 atom stereocenters. The summed E-state index contributed by atoms with van der Waals surface area (Å²) < 4.78 is 81.0. The second-order valence-corrected chi connectivity index (χ2v) is 4.74. The Morgan fingerprint density at radius 3 is 1.04 bits per heavy atom. The van der Waals surface area contributed by atoms with E-state index in [2.05, 4.69) is 0 Å². The van der Waals surface area contributed by atoms with Gasteiger partial charge in [-0.25, -0.2) is 17.6 Å². The van der Waals surface area contributed by atoms with Crippen LogP contribution in [0.15, 0.2) is 0 Å². The van der Waals surface area contributed by atoms with Crippen molar-refractivity contribution in [2.75, 3.05) is 0 Å². The van der Waals surface area contributed by atoms with Crippen LogP contribution < -0.4 is 0 Å². The van der Waals surface area contributed by atoms with Crippen LogP contribution in [-0.2, 0) is 0 Å². The van der Waals surface area contributed by atoms with Gasteiger partial charge in [0.2, 0.25) is 23.2 Å². The number of carbonyl (C=O) groups excluding carboxylic acids is 2. The summed E-state index contributed by atoms with van der Waals surface area (Å²) >= 11 is 0. The normalized spacial score (nSPS) is 13.1. The van der Waals surface area contributed by atoms with Gasteiger partial charge < -0.3 is 10.2 Å². The van der Waals surface area contributed by atoms with Gasteiger partial charge in [0.15, 0.2) is 34.8 Å². The van der Waals surface area contributed by atoms with Crippen LogP contribution in [0.25, 0.3) is 0 Å². The summed E-state index contributed by atoms with van der Waals surface area (Å²) in [6.45, 7) is 0. The van der Waals surface area contributed by atoms with Crippen LogP contribution >= 0.6 is 0 Å². The molecule has 0 saturated heterocycles. The lowest BCUT2D eigenvalue weighted by atomic mass is 9.82. The van der Waals surface area contributed by atoms with Crippen LogP contribution in [0.1, 0.15) is 31.8 Å². The number of halogens is 6. The third-order valence-electron chi connectivity index (χ3n) is 3.51. The standard InChI is InChI=1S/C14H2F6O4/c15-5-1-2(6(16)8(18)7(5)17)12(22)4-3(11(1)21)13(23)9(19)10(20)14(4)24/h23-24H. The quantitative estimate of drug-likeness (QED) is 0.284. The van der Waals surface area contributed by atoms with E-state index >= 15 is 0 Å². The van der Waals surface area contributed by atoms with Crippen molar-refractivity contribution in [3.63, 3.8) is 0 Å². The minimum Gasteiger partial charge on any atom is -0.504 e. The van der Waals surface area contributed by atoms with E-state index in [1.165, 1.54) is 0 Å². The summed E-state index contributed by atoms with van der Waals surface area (Å²) in [7, 11) is 0. The van der Waals surface area contributed by atoms with Gasteiger partial charge in [-0.2, -0.15) is 8.78 Å². The van der Waals surface area contributed by atoms with Crippen molar-refractivity contribution in [1.29, 1.82) is 0 Å². The van der Waals surface area contributed by atoms with E-state index in [1.807, 2.05) is 0 Å². The number of phenols is 2. The van der Waals surface area contributed by atoms with Crippen LogP contribution in [0.4, 0.5) is 26.3 Å². The number of ketones is 2. The van der Waals surface area contributed by atoms with Crippen molar-refractivity contribution in [3.8, 4) is 11.5 Å². The fourth-order valence-electron chi connectivity index (χ4n) is 2.41. The average Bonchev–Trinajstić information content (AvgIpc) is 2.55. The number of phenolic OH excluding ortho intramolecular Hbond substituents is 2. The topological polar surface area (TPSA) is 74.6 Å². The van der Waals surface area contributed by atoms with Crippen LogP contribution in [0.2, 0.25) is 0 Å². The van der Waals surface area contributed by atoms with Gasteiger partial charge in [0, 0.05) is 0 Å². The molecule has 2 aromatic rings. The Bertz CT molecular complexity index is 829. The molecular formula is C14H2F6O4. The summed E-state index contributed by atoms with van der Waals surface area (Å²) in [5, 5.41) is 18.9. The SMILES string of the molecule is O=C1c2c(O)c(F)c(F)c(O)c2C(=O)c2c(F)c(F)c(F)c(F)c21. The predicted octanol–water partition coefficient (Wildman–Crippen LogP) is 2.71. The maximum Gasteiger partial charge on any atom is 0.205 e. The Balaban J connectivity index is 2.53. The Hall–Kier alpha value is -3.04. The fraction of sp³-hybridized carbons (Fsp3) is 0. The first kappa shape index (κ1) is 15.8. The van der Waals surface area contributed by atoms with Crippen molar-refractivity contribution in [3.05, 3.63) is 57.2 Å². The van der Waals surface area contributed by atoms with E-state index in [9.17, 15) is 46.1 Å². The summed E-state index contributed by atoms with van der Waals surface area (Å²) in [5.74, 6) is -20.8. The van der Waals surface area contributed by atoms with Gasteiger partial charge in [-0.05, 0) is 0 Å². The number of aromatic hydroxyl groups is 2. The monoisotopic (exact) mass is 348 g/mol. The maximum atomic E-state index is 13.8. The summed E-state index contributed by atoms with van der Waals surface area (Å²) in [4.78, 5) is 24.2. The van der Waals surface area contributed by atoms with Crippen molar-refractivity contribution >= 4 is 11.6 Å². The van der Waals surface area contributed by atoms with Crippen LogP contribution in [0.5, 0.6) is 11.5 Å². The molecule has 0 unspecified atom stereocenters. The first-order valence-electron chi connectivity index (χ1n) is 5.99. The zero-order valence-electron chi connectivity index (χ0n) is 11.0. The molecule has 0 saturated carbocycles. The minimum absolute atomic E-state index is 1.40. The van der Waals surface area contributed by atoms with Crippen molar-refractivity contribution in [2.24, 2.45) is 0 Å². The molecule has 0 aliphatic heterocycles. The van der Waals surface area contributed by atoms with Crippen molar-refractivity contribution < 1.29 is 46.1 Å². The lowest BCUT2D eigenvalue weighted by Crippen LogP contribution is -2.27. The van der Waals surface area contributed by atoms with E-state index < -0.39 is 80.2 Å². The molecule has 0 bridgehead atoms. The Labute approximate surface area is 127 Å². The molecule has 1 aliphatic rings. The molecule has 0 amide bonds. The van der Waals surface area contributed by atoms with E-state index in [4.69, 9.17) is 0 Å². The van der Waals surface area contributed by atoms with E-state index in [1.54, 1.807) is 0 Å². The summed E-state index contributed by atoms with van der Waals surface area (Å²) in [5.41, 5.74) is -6.00. The van der Waals surface area contributed by atoms with Gasteiger partial charge in [0.25, 0.3) is 0 Å². The number of rotatable bonds is 0. The van der Waals surface area contributed by atoms with Gasteiger partial charge in [-0.15, -0.1) is 0 Å². The van der Waals surface area contributed by atoms with Gasteiger partial charge in [0.05, 0.1) is 22.3 Å². The molecule has 0 spiro atoms. The van der Waals surface area contributed by atoms with Gasteiger partial charge in [-0.3, -0.25) is 9.59 Å². The lowest BCUT2D eigenvalue weighted by Gasteiger charge is -2.21. The van der Waals surface area contributed by atoms with E-state index in [0.717, 1.165) is 0 Å². The predicted molar refractivity (Wildman–Crippen MR) is 62.8 cm³/mol.